The van der Waals surface area contributed by atoms with Gasteiger partial charge in [0, 0.05) is 38.6 Å². The number of aromatic nitrogens is 2. The van der Waals surface area contributed by atoms with Gasteiger partial charge in [0.2, 0.25) is 0 Å². The average molecular weight is 740 g/mol. The molecule has 3 heterocycles. The molecule has 272 valence electrons. The first-order valence-electron chi connectivity index (χ1n) is 20.0. The van der Waals surface area contributed by atoms with Gasteiger partial charge in [-0.2, -0.15) is 0 Å². The van der Waals surface area contributed by atoms with E-state index in [-0.39, 0.29) is 0 Å². The van der Waals surface area contributed by atoms with Crippen LogP contribution in [-0.2, 0) is 5.41 Å². The Morgan fingerprint density at radius 3 is 1.28 bits per heavy atom. The summed E-state index contributed by atoms with van der Waals surface area (Å²) in [6, 6.07) is 82.4. The number of anilines is 3. The lowest BCUT2D eigenvalue weighted by Gasteiger charge is -2.46. The summed E-state index contributed by atoms with van der Waals surface area (Å²) < 4.78 is 4.79. The van der Waals surface area contributed by atoms with E-state index in [0.29, 0.717) is 0 Å². The van der Waals surface area contributed by atoms with E-state index in [1.807, 2.05) is 0 Å². The summed E-state index contributed by atoms with van der Waals surface area (Å²) >= 11 is 0. The molecule has 0 spiro atoms. The molecule has 12 rings (SSSR count). The molecule has 2 aromatic heterocycles. The van der Waals surface area contributed by atoms with E-state index >= 15 is 0 Å². The van der Waals surface area contributed by atoms with E-state index in [0.717, 1.165) is 17.1 Å². The molecule has 0 radical (unpaired) electrons. The van der Waals surface area contributed by atoms with E-state index in [1.165, 1.54) is 77.2 Å². The molecule has 0 atom stereocenters. The molecule has 0 saturated carbocycles. The molecule has 0 N–H and O–H groups in total. The predicted molar refractivity (Wildman–Crippen MR) is 242 cm³/mol. The van der Waals surface area contributed by atoms with Crippen molar-refractivity contribution in [1.29, 1.82) is 0 Å². The van der Waals surface area contributed by atoms with Crippen LogP contribution in [0, 0.1) is 0 Å². The van der Waals surface area contributed by atoms with Crippen molar-refractivity contribution in [2.75, 3.05) is 4.90 Å². The van der Waals surface area contributed by atoms with Gasteiger partial charge in [-0.1, -0.05) is 146 Å². The van der Waals surface area contributed by atoms with Crippen LogP contribution >= 0.6 is 0 Å². The third kappa shape index (κ3) is 4.56. The van der Waals surface area contributed by atoms with Gasteiger partial charge < -0.3 is 14.0 Å². The summed E-state index contributed by atoms with van der Waals surface area (Å²) in [7, 11) is 0. The molecule has 0 amide bonds. The highest BCUT2D eigenvalue weighted by molar-refractivity contribution is 6.12. The molecule has 0 fully saturated rings. The predicted octanol–water partition coefficient (Wildman–Crippen LogP) is 14.0. The molecule has 9 aromatic carbocycles. The number of nitrogens with zero attached hydrogens (tertiary/aromatic N) is 3. The topological polar surface area (TPSA) is 13.1 Å². The third-order valence-electron chi connectivity index (χ3n) is 12.4. The largest absolute Gasteiger partial charge is 0.310 e. The molecule has 58 heavy (non-hydrogen) atoms. The van der Waals surface area contributed by atoms with Crippen LogP contribution in [0.5, 0.6) is 0 Å². The van der Waals surface area contributed by atoms with Crippen molar-refractivity contribution in [3.8, 4) is 11.4 Å². The third-order valence-corrected chi connectivity index (χ3v) is 12.4. The van der Waals surface area contributed by atoms with Crippen LogP contribution in [0.1, 0.15) is 22.3 Å². The maximum Gasteiger partial charge on any atom is 0.0742 e. The van der Waals surface area contributed by atoms with Gasteiger partial charge in [-0.3, -0.25) is 0 Å². The Morgan fingerprint density at radius 2 is 0.707 bits per heavy atom. The van der Waals surface area contributed by atoms with Gasteiger partial charge in [0.05, 0.1) is 38.9 Å². The number of fused-ring (bicyclic) bond motifs is 8. The van der Waals surface area contributed by atoms with Crippen molar-refractivity contribution in [2.24, 2.45) is 0 Å². The van der Waals surface area contributed by atoms with Crippen LogP contribution in [0.3, 0.4) is 0 Å². The fourth-order valence-electron chi connectivity index (χ4n) is 10.0. The highest BCUT2D eigenvalue weighted by Crippen LogP contribution is 2.58. The maximum atomic E-state index is 2.49. The maximum absolute atomic E-state index is 2.49. The van der Waals surface area contributed by atoms with Gasteiger partial charge in [-0.25, -0.2) is 0 Å². The monoisotopic (exact) mass is 739 g/mol. The molecule has 0 saturated heterocycles. The number of rotatable bonds is 5. The summed E-state index contributed by atoms with van der Waals surface area (Å²) in [5, 5.41) is 4.95. The lowest BCUT2D eigenvalue weighted by Crippen LogP contribution is -2.37. The van der Waals surface area contributed by atoms with Crippen LogP contribution < -0.4 is 4.90 Å². The second kappa shape index (κ2) is 12.7. The molecule has 3 nitrogen and oxygen atoms in total. The van der Waals surface area contributed by atoms with Crippen molar-refractivity contribution >= 4 is 60.7 Å². The summed E-state index contributed by atoms with van der Waals surface area (Å²) in [6.45, 7) is 0. The zero-order chi connectivity index (χ0) is 38.2. The zero-order valence-corrected chi connectivity index (χ0v) is 31.7. The first kappa shape index (κ1) is 32.6. The molecule has 0 unspecified atom stereocenters. The van der Waals surface area contributed by atoms with Crippen molar-refractivity contribution < 1.29 is 0 Å². The molecule has 1 aliphatic rings. The SMILES string of the molecule is c1ccc(-n2c3ccccc3c3cc(N4c5ccccc5C(c5ccccc5)(c5ccc6c(c5)c5ccccc5n6-c5ccccc5)c5ccccc54)ccc32)cc1. The highest BCUT2D eigenvalue weighted by atomic mass is 15.2. The quantitative estimate of drug-likeness (QED) is 0.171. The van der Waals surface area contributed by atoms with Crippen molar-refractivity contribution in [3.05, 3.63) is 247 Å². The summed E-state index contributed by atoms with van der Waals surface area (Å²) in [4.78, 5) is 2.49. The minimum Gasteiger partial charge on any atom is -0.310 e. The van der Waals surface area contributed by atoms with E-state index in [4.69, 9.17) is 0 Å². The minimum absolute atomic E-state index is 0.609. The van der Waals surface area contributed by atoms with E-state index in [9.17, 15) is 0 Å². The smallest absolute Gasteiger partial charge is 0.0742 e. The summed E-state index contributed by atoms with van der Waals surface area (Å²) in [6.07, 6.45) is 0. The zero-order valence-electron chi connectivity index (χ0n) is 31.7. The first-order valence-corrected chi connectivity index (χ1v) is 20.0. The summed E-state index contributed by atoms with van der Waals surface area (Å²) in [5.74, 6) is 0. The van der Waals surface area contributed by atoms with Crippen LogP contribution in [0.2, 0.25) is 0 Å². The molecule has 3 heteroatoms. The van der Waals surface area contributed by atoms with Gasteiger partial charge in [0.1, 0.15) is 0 Å². The molecular formula is C55H37N3. The Balaban J connectivity index is 1.13. The van der Waals surface area contributed by atoms with Crippen LogP contribution in [0.25, 0.3) is 55.0 Å². The fraction of sp³-hybridized carbons (Fsp3) is 0.0182. The molecular weight excluding hydrogens is 703 g/mol. The second-order valence-electron chi connectivity index (χ2n) is 15.3. The number of hydrogen-bond acceptors (Lipinski definition) is 1. The minimum atomic E-state index is -0.609. The average Bonchev–Trinajstić information content (AvgIpc) is 3.81. The Labute approximate surface area is 336 Å². The van der Waals surface area contributed by atoms with E-state index in [2.05, 4.69) is 238 Å². The standard InChI is InChI=1S/C55H37N3/c1-4-18-38(19-5-1)55(39-32-34-51-45(36-39)43-24-10-14-28-49(43)56(51)40-20-6-2-7-21-40)47-26-12-16-30-53(47)58(54-31-17-13-27-48(54)55)42-33-35-52-46(37-42)44-25-11-15-29-50(44)57(52)41-22-8-3-9-23-41/h1-37H. The Bertz CT molecular complexity index is 3290. The summed E-state index contributed by atoms with van der Waals surface area (Å²) in [5.41, 5.74) is 14.9. The Morgan fingerprint density at radius 1 is 0.276 bits per heavy atom. The van der Waals surface area contributed by atoms with Gasteiger partial charge in [-0.15, -0.1) is 0 Å². The number of hydrogen-bond donors (Lipinski definition) is 0. The van der Waals surface area contributed by atoms with Crippen molar-refractivity contribution in [3.63, 3.8) is 0 Å². The normalized spacial score (nSPS) is 13.3. The van der Waals surface area contributed by atoms with E-state index in [1.54, 1.807) is 0 Å². The van der Waals surface area contributed by atoms with Gasteiger partial charge in [-0.05, 0) is 101 Å². The van der Waals surface area contributed by atoms with Crippen LogP contribution in [0.4, 0.5) is 17.1 Å². The van der Waals surface area contributed by atoms with Gasteiger partial charge >= 0.3 is 0 Å². The van der Waals surface area contributed by atoms with Gasteiger partial charge in [0.25, 0.3) is 0 Å². The van der Waals surface area contributed by atoms with Crippen LogP contribution in [-0.4, -0.2) is 9.13 Å². The lowest BCUT2D eigenvalue weighted by atomic mass is 9.62. The Kier molecular flexibility index (Phi) is 7.14. The number of benzene rings is 9. The second-order valence-corrected chi connectivity index (χ2v) is 15.3. The molecule has 11 aromatic rings. The van der Waals surface area contributed by atoms with E-state index < -0.39 is 5.41 Å². The number of para-hydroxylation sites is 6. The fourth-order valence-corrected chi connectivity index (χ4v) is 10.0. The van der Waals surface area contributed by atoms with Crippen LogP contribution in [0.15, 0.2) is 224 Å². The Hall–Kier alpha value is -7.62. The first-order chi connectivity index (χ1) is 28.8. The molecule has 1 aliphatic heterocycles. The van der Waals surface area contributed by atoms with Crippen molar-refractivity contribution in [1.82, 2.24) is 9.13 Å². The van der Waals surface area contributed by atoms with Crippen molar-refractivity contribution in [2.45, 2.75) is 5.41 Å². The van der Waals surface area contributed by atoms with Gasteiger partial charge in [0.15, 0.2) is 0 Å². The highest BCUT2D eigenvalue weighted by Gasteiger charge is 2.46. The molecule has 0 aliphatic carbocycles. The lowest BCUT2D eigenvalue weighted by molar-refractivity contribution is 0.732. The molecule has 0 bridgehead atoms.